The highest BCUT2D eigenvalue weighted by Crippen LogP contribution is 2.25. The van der Waals surface area contributed by atoms with Crippen molar-refractivity contribution in [2.75, 3.05) is 18.1 Å². The summed E-state index contributed by atoms with van der Waals surface area (Å²) in [5.74, 6) is 0.146. The lowest BCUT2D eigenvalue weighted by Gasteiger charge is -2.31. The van der Waals surface area contributed by atoms with E-state index in [1.54, 1.807) is 0 Å². The van der Waals surface area contributed by atoms with Crippen LogP contribution in [0.4, 0.5) is 0 Å². The van der Waals surface area contributed by atoms with Crippen LogP contribution in [0, 0.1) is 0 Å². The van der Waals surface area contributed by atoms with Gasteiger partial charge < -0.3 is 5.11 Å². The van der Waals surface area contributed by atoms with Crippen LogP contribution >= 0.6 is 11.8 Å². The van der Waals surface area contributed by atoms with Crippen LogP contribution < -0.4 is 0 Å². The number of aliphatic hydroxyl groups is 1. The van der Waals surface area contributed by atoms with Gasteiger partial charge in [0.1, 0.15) is 0 Å². The summed E-state index contributed by atoms with van der Waals surface area (Å²) < 4.78 is 0. The number of aliphatic hydroxyl groups excluding tert-OH is 1. The van der Waals surface area contributed by atoms with Crippen molar-refractivity contribution in [3.05, 3.63) is 35.9 Å². The van der Waals surface area contributed by atoms with Gasteiger partial charge >= 0.3 is 0 Å². The lowest BCUT2D eigenvalue weighted by Crippen LogP contribution is -2.46. The molecule has 1 aliphatic heterocycles. The molecule has 5 heteroatoms. The number of hydrogen-bond acceptors (Lipinski definition) is 4. The van der Waals surface area contributed by atoms with E-state index in [4.69, 9.17) is 0 Å². The minimum absolute atomic E-state index is 0.228. The highest BCUT2D eigenvalue weighted by atomic mass is 32.2. The Hall–Kier alpha value is -1.33. The molecule has 4 nitrogen and oxygen atoms in total. The molecule has 1 atom stereocenters. The van der Waals surface area contributed by atoms with Crippen LogP contribution in [-0.4, -0.2) is 39.9 Å². The van der Waals surface area contributed by atoms with E-state index in [0.717, 1.165) is 5.56 Å². The zero-order chi connectivity index (χ0) is 12.3. The summed E-state index contributed by atoms with van der Waals surface area (Å²) in [6.45, 7) is -0.244. The molecule has 0 bridgehead atoms. The maximum Gasteiger partial charge on any atom is 0.239 e. The molecule has 1 aliphatic rings. The summed E-state index contributed by atoms with van der Waals surface area (Å²) >= 11 is 1.32. The number of thioether (sulfide) groups is 1. The van der Waals surface area contributed by atoms with E-state index in [-0.39, 0.29) is 18.4 Å². The number of imide groups is 1. The van der Waals surface area contributed by atoms with Crippen molar-refractivity contribution in [3.63, 3.8) is 0 Å². The van der Waals surface area contributed by atoms with Crippen molar-refractivity contribution < 1.29 is 14.7 Å². The van der Waals surface area contributed by atoms with Crippen molar-refractivity contribution in [1.82, 2.24) is 4.90 Å². The highest BCUT2D eigenvalue weighted by Gasteiger charge is 2.33. The van der Waals surface area contributed by atoms with Gasteiger partial charge in [-0.1, -0.05) is 30.3 Å². The first kappa shape index (κ1) is 12.1. The van der Waals surface area contributed by atoms with Gasteiger partial charge in [-0.05, 0) is 5.56 Å². The summed E-state index contributed by atoms with van der Waals surface area (Å²) in [4.78, 5) is 24.7. The molecule has 1 fully saturated rings. The minimum Gasteiger partial charge on any atom is -0.394 e. The van der Waals surface area contributed by atoms with Gasteiger partial charge in [-0.15, -0.1) is 11.8 Å². The predicted octanol–water partition coefficient (Wildman–Crippen LogP) is 0.822. The fourth-order valence-electron chi connectivity index (χ4n) is 1.86. The lowest BCUT2D eigenvalue weighted by molar-refractivity contribution is -0.146. The molecule has 0 saturated carbocycles. The van der Waals surface area contributed by atoms with Crippen molar-refractivity contribution in [3.8, 4) is 0 Å². The van der Waals surface area contributed by atoms with Crippen LogP contribution in [-0.2, 0) is 9.59 Å². The highest BCUT2D eigenvalue weighted by molar-refractivity contribution is 8.00. The number of nitrogens with zero attached hydrogens (tertiary/aromatic N) is 1. The Bertz CT molecular complexity index is 405. The van der Waals surface area contributed by atoms with Crippen molar-refractivity contribution in [2.45, 2.75) is 6.04 Å². The average Bonchev–Trinajstić information content (AvgIpc) is 2.35. The molecule has 0 radical (unpaired) electrons. The molecule has 0 aliphatic carbocycles. The van der Waals surface area contributed by atoms with Gasteiger partial charge in [0.15, 0.2) is 0 Å². The molecular weight excluding hydrogens is 238 g/mol. The molecule has 2 rings (SSSR count). The first-order valence-corrected chi connectivity index (χ1v) is 6.48. The second-order valence-electron chi connectivity index (χ2n) is 3.76. The van der Waals surface area contributed by atoms with Crippen LogP contribution in [0.5, 0.6) is 0 Å². The molecule has 1 heterocycles. The van der Waals surface area contributed by atoms with E-state index in [2.05, 4.69) is 0 Å². The van der Waals surface area contributed by atoms with Crippen LogP contribution in [0.1, 0.15) is 11.6 Å². The Kier molecular flexibility index (Phi) is 3.81. The fourth-order valence-corrected chi connectivity index (χ4v) is 2.59. The molecule has 17 heavy (non-hydrogen) atoms. The first-order valence-electron chi connectivity index (χ1n) is 5.32. The Morgan fingerprint density at radius 1 is 1.18 bits per heavy atom. The molecule has 0 aromatic heterocycles. The lowest BCUT2D eigenvalue weighted by atomic mass is 10.1. The molecule has 90 valence electrons. The Labute approximate surface area is 104 Å². The number of carbonyl (C=O) groups is 2. The molecule has 2 amide bonds. The topological polar surface area (TPSA) is 57.6 Å². The maximum absolute atomic E-state index is 11.8. The Morgan fingerprint density at radius 2 is 1.76 bits per heavy atom. The SMILES string of the molecule is O=C1CSCC(=O)N1C(CO)c1ccccc1. The van der Waals surface area contributed by atoms with Crippen LogP contribution in [0.15, 0.2) is 30.3 Å². The molecule has 1 N–H and O–H groups in total. The van der Waals surface area contributed by atoms with Gasteiger partial charge in [-0.3, -0.25) is 14.5 Å². The van der Waals surface area contributed by atoms with Crippen molar-refractivity contribution >= 4 is 23.6 Å². The normalized spacial score (nSPS) is 18.3. The van der Waals surface area contributed by atoms with Crippen LogP contribution in [0.2, 0.25) is 0 Å². The van der Waals surface area contributed by atoms with Gasteiger partial charge in [0.2, 0.25) is 11.8 Å². The number of amides is 2. The van der Waals surface area contributed by atoms with Gasteiger partial charge in [-0.25, -0.2) is 0 Å². The van der Waals surface area contributed by atoms with Gasteiger partial charge in [-0.2, -0.15) is 0 Å². The fraction of sp³-hybridized carbons (Fsp3) is 0.333. The number of carbonyl (C=O) groups excluding carboxylic acids is 2. The zero-order valence-electron chi connectivity index (χ0n) is 9.20. The minimum atomic E-state index is -0.558. The Balaban J connectivity index is 2.29. The number of rotatable bonds is 3. The summed E-state index contributed by atoms with van der Waals surface area (Å²) in [6, 6.07) is 8.56. The van der Waals surface area contributed by atoms with E-state index >= 15 is 0 Å². The second kappa shape index (κ2) is 5.33. The molecule has 1 unspecified atom stereocenters. The molecule has 0 spiro atoms. The predicted molar refractivity (Wildman–Crippen MR) is 65.4 cm³/mol. The molecule has 1 aromatic carbocycles. The summed E-state index contributed by atoms with van der Waals surface area (Å²) in [7, 11) is 0. The summed E-state index contributed by atoms with van der Waals surface area (Å²) in [5, 5.41) is 9.41. The third-order valence-corrected chi connectivity index (χ3v) is 3.56. The average molecular weight is 251 g/mol. The third kappa shape index (κ3) is 2.50. The largest absolute Gasteiger partial charge is 0.394 e. The summed E-state index contributed by atoms with van der Waals surface area (Å²) in [6.07, 6.45) is 0. The summed E-state index contributed by atoms with van der Waals surface area (Å²) in [5.41, 5.74) is 0.781. The van der Waals surface area contributed by atoms with E-state index in [1.165, 1.54) is 16.7 Å². The number of hydrogen-bond donors (Lipinski definition) is 1. The second-order valence-corrected chi connectivity index (χ2v) is 4.74. The van der Waals surface area contributed by atoms with Crippen LogP contribution in [0.25, 0.3) is 0 Å². The van der Waals surface area contributed by atoms with Gasteiger partial charge in [0.25, 0.3) is 0 Å². The first-order chi connectivity index (χ1) is 8.24. The standard InChI is InChI=1S/C12H13NO3S/c14-6-10(9-4-2-1-3-5-9)13-11(15)7-17-8-12(13)16/h1-5,10,14H,6-8H2. The smallest absolute Gasteiger partial charge is 0.239 e. The van der Waals surface area contributed by atoms with Crippen molar-refractivity contribution in [2.24, 2.45) is 0 Å². The number of benzene rings is 1. The molecule has 1 saturated heterocycles. The van der Waals surface area contributed by atoms with Gasteiger partial charge in [0, 0.05) is 0 Å². The van der Waals surface area contributed by atoms with Gasteiger partial charge in [0.05, 0.1) is 24.2 Å². The molecule has 1 aromatic rings. The van der Waals surface area contributed by atoms with Crippen molar-refractivity contribution in [1.29, 1.82) is 0 Å². The quantitative estimate of drug-likeness (QED) is 0.808. The maximum atomic E-state index is 11.8. The monoisotopic (exact) mass is 251 g/mol. The van der Waals surface area contributed by atoms with E-state index in [9.17, 15) is 14.7 Å². The van der Waals surface area contributed by atoms with Crippen LogP contribution in [0.3, 0.4) is 0 Å². The zero-order valence-corrected chi connectivity index (χ0v) is 10.0. The van der Waals surface area contributed by atoms with E-state index in [1.807, 2.05) is 30.3 Å². The third-order valence-electron chi connectivity index (χ3n) is 2.66. The molecular formula is C12H13NO3S. The van der Waals surface area contributed by atoms with E-state index in [0.29, 0.717) is 11.5 Å². The Morgan fingerprint density at radius 3 is 2.29 bits per heavy atom. The van der Waals surface area contributed by atoms with E-state index < -0.39 is 6.04 Å².